The molecule has 23 heavy (non-hydrogen) atoms. The number of aliphatic carboxylic acids is 1. The molecular formula is C17H21NO5. The van der Waals surface area contributed by atoms with Crippen molar-refractivity contribution in [2.75, 3.05) is 13.2 Å². The van der Waals surface area contributed by atoms with E-state index in [-0.39, 0.29) is 12.3 Å². The lowest BCUT2D eigenvalue weighted by Crippen LogP contribution is -2.42. The zero-order valence-corrected chi connectivity index (χ0v) is 13.0. The van der Waals surface area contributed by atoms with Gasteiger partial charge in [-0.3, -0.25) is 9.59 Å². The molecule has 2 aliphatic rings. The number of benzene rings is 1. The third kappa shape index (κ3) is 3.41. The maximum Gasteiger partial charge on any atom is 0.310 e. The molecule has 124 valence electrons. The Hall–Kier alpha value is -2.24. The van der Waals surface area contributed by atoms with Crippen LogP contribution in [0.25, 0.3) is 0 Å². The first-order chi connectivity index (χ1) is 11.1. The second-order valence-corrected chi connectivity index (χ2v) is 6.22. The van der Waals surface area contributed by atoms with Crippen LogP contribution in [0.2, 0.25) is 0 Å². The zero-order valence-electron chi connectivity index (χ0n) is 13.0. The number of carbonyl (C=O) groups is 2. The van der Waals surface area contributed by atoms with Gasteiger partial charge in [-0.2, -0.15) is 0 Å². The van der Waals surface area contributed by atoms with E-state index in [0.29, 0.717) is 38.3 Å². The van der Waals surface area contributed by atoms with Crippen LogP contribution in [0.15, 0.2) is 18.2 Å². The van der Waals surface area contributed by atoms with E-state index in [4.69, 9.17) is 9.47 Å². The van der Waals surface area contributed by atoms with E-state index in [1.54, 1.807) is 0 Å². The molecule has 3 rings (SSSR count). The quantitative estimate of drug-likeness (QED) is 0.868. The number of carboxylic acid groups (broad SMARTS) is 1. The van der Waals surface area contributed by atoms with Crippen molar-refractivity contribution in [3.8, 4) is 11.5 Å². The molecule has 6 heteroatoms. The van der Waals surface area contributed by atoms with Gasteiger partial charge >= 0.3 is 5.97 Å². The lowest BCUT2D eigenvalue weighted by atomic mass is 9.66. The normalized spacial score (nSPS) is 18.4. The Morgan fingerprint density at radius 1 is 1.13 bits per heavy atom. The van der Waals surface area contributed by atoms with Gasteiger partial charge in [0.15, 0.2) is 11.5 Å². The first kappa shape index (κ1) is 15.6. The highest BCUT2D eigenvalue weighted by Gasteiger charge is 2.45. The highest BCUT2D eigenvalue weighted by atomic mass is 16.5. The summed E-state index contributed by atoms with van der Waals surface area (Å²) in [5, 5.41) is 12.1. The maximum atomic E-state index is 12.0. The Morgan fingerprint density at radius 2 is 1.87 bits per heavy atom. The fourth-order valence-electron chi connectivity index (χ4n) is 2.96. The predicted octanol–water partition coefficient (Wildman–Crippen LogP) is 2.11. The van der Waals surface area contributed by atoms with Crippen LogP contribution in [0.3, 0.4) is 0 Å². The summed E-state index contributed by atoms with van der Waals surface area (Å²) in [6.45, 7) is 1.61. The van der Waals surface area contributed by atoms with E-state index in [1.165, 1.54) is 0 Å². The SMILES string of the molecule is O=C(CC1(C(=O)O)CCC1)NCc1ccc2c(c1)OCCCO2. The molecule has 0 bridgehead atoms. The Morgan fingerprint density at radius 3 is 2.52 bits per heavy atom. The number of carboxylic acids is 1. The number of nitrogens with one attached hydrogen (secondary N) is 1. The van der Waals surface area contributed by atoms with Crippen LogP contribution in [0.4, 0.5) is 0 Å². The fourth-order valence-corrected chi connectivity index (χ4v) is 2.96. The van der Waals surface area contributed by atoms with Crippen molar-refractivity contribution >= 4 is 11.9 Å². The molecule has 1 aliphatic carbocycles. The predicted molar refractivity (Wildman–Crippen MR) is 82.4 cm³/mol. The molecule has 1 aliphatic heterocycles. The fraction of sp³-hybridized carbons (Fsp3) is 0.529. The first-order valence-corrected chi connectivity index (χ1v) is 7.98. The molecule has 1 amide bonds. The highest BCUT2D eigenvalue weighted by Crippen LogP contribution is 2.44. The van der Waals surface area contributed by atoms with Crippen LogP contribution in [-0.4, -0.2) is 30.2 Å². The van der Waals surface area contributed by atoms with Crippen molar-refractivity contribution in [2.45, 2.75) is 38.6 Å². The lowest BCUT2D eigenvalue weighted by molar-refractivity contribution is -0.157. The van der Waals surface area contributed by atoms with E-state index >= 15 is 0 Å². The Bertz CT molecular complexity index is 609. The van der Waals surface area contributed by atoms with Crippen LogP contribution >= 0.6 is 0 Å². The van der Waals surface area contributed by atoms with Crippen molar-refractivity contribution in [2.24, 2.45) is 5.41 Å². The number of ether oxygens (including phenoxy) is 2. The molecule has 6 nitrogen and oxygen atoms in total. The minimum atomic E-state index is -0.866. The molecule has 1 fully saturated rings. The average Bonchev–Trinajstić information content (AvgIpc) is 2.73. The first-order valence-electron chi connectivity index (χ1n) is 7.98. The molecule has 1 aromatic carbocycles. The number of hydrogen-bond acceptors (Lipinski definition) is 4. The summed E-state index contributed by atoms with van der Waals surface area (Å²) in [5.74, 6) is 0.320. The van der Waals surface area contributed by atoms with Gasteiger partial charge in [-0.25, -0.2) is 0 Å². The molecule has 0 atom stereocenters. The summed E-state index contributed by atoms with van der Waals surface area (Å²) in [7, 11) is 0. The largest absolute Gasteiger partial charge is 0.490 e. The van der Waals surface area contributed by atoms with Crippen LogP contribution < -0.4 is 14.8 Å². The minimum Gasteiger partial charge on any atom is -0.490 e. The lowest BCUT2D eigenvalue weighted by Gasteiger charge is -2.36. The van der Waals surface area contributed by atoms with Gasteiger partial charge in [0.2, 0.25) is 5.91 Å². The van der Waals surface area contributed by atoms with Crippen LogP contribution in [0.1, 0.15) is 37.7 Å². The minimum absolute atomic E-state index is 0.0485. The third-order valence-electron chi connectivity index (χ3n) is 4.56. The molecule has 0 spiro atoms. The molecule has 2 N–H and O–H groups in total. The summed E-state index contributed by atoms with van der Waals surface area (Å²) in [6.07, 6.45) is 2.94. The third-order valence-corrected chi connectivity index (χ3v) is 4.56. The van der Waals surface area contributed by atoms with Crippen LogP contribution in [0.5, 0.6) is 11.5 Å². The van der Waals surface area contributed by atoms with E-state index < -0.39 is 11.4 Å². The number of hydrogen-bond donors (Lipinski definition) is 2. The second kappa shape index (κ2) is 6.48. The van der Waals surface area contributed by atoms with Gasteiger partial charge in [0.1, 0.15) is 0 Å². The summed E-state index contributed by atoms with van der Waals surface area (Å²) >= 11 is 0. The van der Waals surface area contributed by atoms with Gasteiger partial charge in [-0.15, -0.1) is 0 Å². The zero-order chi connectivity index (χ0) is 16.3. The molecule has 0 radical (unpaired) electrons. The van der Waals surface area contributed by atoms with Crippen molar-refractivity contribution in [3.05, 3.63) is 23.8 Å². The molecule has 1 aromatic rings. The van der Waals surface area contributed by atoms with E-state index in [1.807, 2.05) is 18.2 Å². The summed E-state index contributed by atoms with van der Waals surface area (Å²) in [5.41, 5.74) is 0.0509. The van der Waals surface area contributed by atoms with Gasteiger partial charge < -0.3 is 19.9 Å². The highest BCUT2D eigenvalue weighted by molar-refractivity contribution is 5.85. The second-order valence-electron chi connectivity index (χ2n) is 6.22. The Labute approximate surface area is 134 Å². The number of amides is 1. The molecule has 1 saturated carbocycles. The van der Waals surface area contributed by atoms with Gasteiger partial charge in [0.05, 0.1) is 18.6 Å². The van der Waals surface area contributed by atoms with Crippen molar-refractivity contribution in [1.82, 2.24) is 5.32 Å². The summed E-state index contributed by atoms with van der Waals surface area (Å²) < 4.78 is 11.2. The summed E-state index contributed by atoms with van der Waals surface area (Å²) in [4.78, 5) is 23.3. The standard InChI is InChI=1S/C17H21NO5/c19-15(10-17(16(20)21)5-1-6-17)18-11-12-3-4-13-14(9-12)23-8-2-7-22-13/h3-4,9H,1-2,5-8,10-11H2,(H,18,19)(H,20,21). The Balaban J connectivity index is 1.57. The van der Waals surface area contributed by atoms with Gasteiger partial charge in [0, 0.05) is 19.4 Å². The summed E-state index contributed by atoms with van der Waals surface area (Å²) in [6, 6.07) is 5.58. The average molecular weight is 319 g/mol. The number of fused-ring (bicyclic) bond motifs is 1. The monoisotopic (exact) mass is 319 g/mol. The number of carbonyl (C=O) groups excluding carboxylic acids is 1. The maximum absolute atomic E-state index is 12.0. The van der Waals surface area contributed by atoms with Crippen molar-refractivity contribution < 1.29 is 24.2 Å². The van der Waals surface area contributed by atoms with Gasteiger partial charge in [-0.05, 0) is 30.5 Å². The smallest absolute Gasteiger partial charge is 0.310 e. The van der Waals surface area contributed by atoms with Crippen molar-refractivity contribution in [1.29, 1.82) is 0 Å². The van der Waals surface area contributed by atoms with E-state index in [9.17, 15) is 14.7 Å². The molecule has 0 saturated heterocycles. The van der Waals surface area contributed by atoms with Gasteiger partial charge in [-0.1, -0.05) is 12.5 Å². The topological polar surface area (TPSA) is 84.9 Å². The molecule has 0 unspecified atom stereocenters. The Kier molecular flexibility index (Phi) is 4.41. The van der Waals surface area contributed by atoms with Crippen molar-refractivity contribution in [3.63, 3.8) is 0 Å². The molecular weight excluding hydrogens is 298 g/mol. The molecule has 0 aromatic heterocycles. The molecule has 1 heterocycles. The van der Waals surface area contributed by atoms with Crippen LogP contribution in [0, 0.1) is 5.41 Å². The van der Waals surface area contributed by atoms with E-state index in [2.05, 4.69) is 5.32 Å². The number of rotatable bonds is 5. The van der Waals surface area contributed by atoms with Crippen LogP contribution in [-0.2, 0) is 16.1 Å². The van der Waals surface area contributed by atoms with Gasteiger partial charge in [0.25, 0.3) is 0 Å². The van der Waals surface area contributed by atoms with E-state index in [0.717, 1.165) is 24.2 Å².